The van der Waals surface area contributed by atoms with Crippen molar-refractivity contribution in [3.05, 3.63) is 112 Å². The average Bonchev–Trinajstić information content (AvgIpc) is 3.49. The summed E-state index contributed by atoms with van der Waals surface area (Å²) in [5.74, 6) is -4.03. The molecule has 0 bridgehead atoms. The van der Waals surface area contributed by atoms with E-state index in [-0.39, 0.29) is 42.1 Å². The van der Waals surface area contributed by atoms with Crippen molar-refractivity contribution in [3.63, 3.8) is 0 Å². The van der Waals surface area contributed by atoms with E-state index < -0.39 is 45.5 Å². The van der Waals surface area contributed by atoms with E-state index in [0.717, 1.165) is 0 Å². The van der Waals surface area contributed by atoms with Gasteiger partial charge in [0.25, 0.3) is 6.33 Å². The molecule has 3 aromatic carbocycles. The fraction of sp³-hybridized carbons (Fsp3) is 0.479. The Morgan fingerprint density at radius 2 is 0.750 bits per heavy atom. The maximum atomic E-state index is 9.91. The van der Waals surface area contributed by atoms with Gasteiger partial charge in [0.1, 0.15) is 0 Å². The van der Waals surface area contributed by atoms with Gasteiger partial charge in [-0.15, -0.1) is 0 Å². The van der Waals surface area contributed by atoms with Crippen LogP contribution in [0.5, 0.6) is 0 Å². The quantitative estimate of drug-likeness (QED) is 0.144. The number of carbonyl (C=O) groups is 4. The summed E-state index contributed by atoms with van der Waals surface area (Å²) in [5.41, 5.74) is 8.69. The minimum absolute atomic E-state index is 0. The summed E-state index contributed by atoms with van der Waals surface area (Å²) in [6, 6.07) is 19.2. The third-order valence-electron chi connectivity index (χ3n) is 7.72. The summed E-state index contributed by atoms with van der Waals surface area (Å²) in [6.07, 6.45) is 7.65. The van der Waals surface area contributed by atoms with E-state index in [9.17, 15) is 39.6 Å². The summed E-state index contributed by atoms with van der Waals surface area (Å²) < 4.78 is 4.20. The predicted molar refractivity (Wildman–Crippen MR) is 224 cm³/mol. The Balaban J connectivity index is -0.000000353. The van der Waals surface area contributed by atoms with Gasteiger partial charge in [0.2, 0.25) is 0 Å². The van der Waals surface area contributed by atoms with E-state index in [4.69, 9.17) is 0 Å². The fourth-order valence-electron chi connectivity index (χ4n) is 4.20. The molecule has 0 aliphatic rings. The molecule has 0 atom stereocenters. The smallest absolute Gasteiger partial charge is 0.550 e. The van der Waals surface area contributed by atoms with E-state index >= 15 is 0 Å². The van der Waals surface area contributed by atoms with Gasteiger partial charge in [-0.05, 0) is 70.7 Å². The number of aromatic nitrogens is 2. The van der Waals surface area contributed by atoms with E-state index in [1.165, 1.54) is 50.3 Å². The fourth-order valence-corrected chi connectivity index (χ4v) is 4.20. The van der Waals surface area contributed by atoms with Gasteiger partial charge in [-0.3, -0.25) is 9.13 Å². The third kappa shape index (κ3) is 25.7. The summed E-state index contributed by atoms with van der Waals surface area (Å²) in [7, 11) is 0. The number of nitrogens with zero attached hydrogens (tertiary/aromatic N) is 2. The number of rotatable bonds is 2. The van der Waals surface area contributed by atoms with Crippen LogP contribution in [-0.4, -0.2) is 28.4 Å². The topological polar surface area (TPSA) is 169 Å². The number of carboxylic acid groups (broad SMARTS) is 4. The van der Waals surface area contributed by atoms with Crippen molar-refractivity contribution in [1.82, 2.24) is 4.57 Å². The zero-order chi connectivity index (χ0) is 46.1. The molecular weight excluding hydrogens is 924 g/mol. The van der Waals surface area contributed by atoms with Crippen molar-refractivity contribution in [3.8, 4) is 11.4 Å². The molecule has 0 fully saturated rings. The Labute approximate surface area is 389 Å². The average molecular weight is 993 g/mol. The van der Waals surface area contributed by atoms with Crippen LogP contribution in [0.2, 0.25) is 0 Å². The van der Waals surface area contributed by atoms with Gasteiger partial charge in [-0.1, -0.05) is 154 Å². The van der Waals surface area contributed by atoms with Gasteiger partial charge in [-0.25, -0.2) is 0 Å². The van der Waals surface area contributed by atoms with E-state index in [1.54, 1.807) is 83.1 Å². The normalized spacial score (nSPS) is 10.5. The second kappa shape index (κ2) is 27.2. The molecule has 0 aliphatic heterocycles. The zero-order valence-corrected chi connectivity index (χ0v) is 43.3. The molecule has 10 nitrogen and oxygen atoms in total. The Morgan fingerprint density at radius 3 is 0.983 bits per heavy atom. The molecule has 1 heterocycles. The van der Waals surface area contributed by atoms with Gasteiger partial charge in [-0.2, -0.15) is 0 Å². The van der Waals surface area contributed by atoms with Crippen LogP contribution < -0.4 is 25.0 Å². The van der Waals surface area contributed by atoms with Crippen LogP contribution in [0.3, 0.4) is 0 Å². The number of carbonyl (C=O) groups excluding carboxylic acids is 4. The standard InChI is InChI=1S/C21H24N2.C7H8.4C5H10O2.2Mo/c1-14-9-16(3)20(17(4)10-14)22-7-8-23(13-22)21-18(5)11-15(2)12-19(21)6;1-7-5-3-2-4-6-7;4*1-5(2,3)4(6)7;;/h7-12H,1-6H3;2-6H,1H3;4*1-3H3,(H,6,7);;/q;;;;;;2*+2/p-4. The van der Waals surface area contributed by atoms with Crippen molar-refractivity contribution in [2.24, 2.45) is 21.7 Å². The Hall–Kier alpha value is -3.87. The SMILES string of the molecule is CC(C)(C)C(=O)[O-].CC(C)(C)C(=O)[O-].CC(C)(C)C(=O)[O-].CC(C)(C)C(=O)[O-].Cc1cc(C)c(-n2[c-][n+](-c3c(C)cc(C)cc3C)cc2)c(C)c1.Cc1ccccc1.[Mo+2].[Mo+2]. The molecule has 0 N–H and O–H groups in total. The predicted octanol–water partition coefficient (Wildman–Crippen LogP) is 5.52. The first kappa shape index (κ1) is 62.8. The molecule has 0 saturated carbocycles. The van der Waals surface area contributed by atoms with Crippen molar-refractivity contribution >= 4 is 23.9 Å². The van der Waals surface area contributed by atoms with Gasteiger partial charge < -0.3 is 39.6 Å². The van der Waals surface area contributed by atoms with Crippen LogP contribution in [0.15, 0.2) is 67.0 Å². The molecule has 0 amide bonds. The first-order valence-corrected chi connectivity index (χ1v) is 19.1. The van der Waals surface area contributed by atoms with Gasteiger partial charge in [0.15, 0.2) is 0 Å². The molecule has 1 aromatic heterocycles. The van der Waals surface area contributed by atoms with Crippen LogP contribution >= 0.6 is 0 Å². The van der Waals surface area contributed by atoms with Crippen molar-refractivity contribution in [2.75, 3.05) is 0 Å². The second-order valence-electron chi connectivity index (χ2n) is 18.4. The number of imidazole rings is 1. The number of carboxylic acids is 4. The molecule has 60 heavy (non-hydrogen) atoms. The Kier molecular flexibility index (Phi) is 28.4. The maximum absolute atomic E-state index is 9.91. The maximum Gasteiger partial charge on any atom is 2.00 e. The summed E-state index contributed by atoms with van der Waals surface area (Å²) in [5, 5.41) is 39.6. The summed E-state index contributed by atoms with van der Waals surface area (Å²) in [6.45, 7) is 34.2. The number of aryl methyl sites for hydroxylation is 7. The van der Waals surface area contributed by atoms with Gasteiger partial charge >= 0.3 is 42.1 Å². The molecule has 330 valence electrons. The number of hydrogen-bond acceptors (Lipinski definition) is 8. The largest absolute Gasteiger partial charge is 2.00 e. The minimum Gasteiger partial charge on any atom is -0.550 e. The Morgan fingerprint density at radius 1 is 0.483 bits per heavy atom. The van der Waals surface area contributed by atoms with Crippen LogP contribution in [0.4, 0.5) is 0 Å². The third-order valence-corrected chi connectivity index (χ3v) is 7.72. The molecule has 4 rings (SSSR count). The van der Waals surface area contributed by atoms with E-state index in [1.807, 2.05) is 18.2 Å². The molecule has 0 spiro atoms. The van der Waals surface area contributed by atoms with Crippen LogP contribution in [0.25, 0.3) is 11.4 Å². The number of benzene rings is 3. The van der Waals surface area contributed by atoms with Crippen LogP contribution in [0, 0.1) is 76.5 Å². The first-order chi connectivity index (χ1) is 26.0. The van der Waals surface area contributed by atoms with Crippen LogP contribution in [-0.2, 0) is 61.3 Å². The zero-order valence-electron chi connectivity index (χ0n) is 39.3. The molecule has 0 unspecified atom stereocenters. The Bertz CT molecular complexity index is 1730. The minimum atomic E-state index is -1.01. The van der Waals surface area contributed by atoms with Crippen molar-refractivity contribution in [1.29, 1.82) is 0 Å². The number of hydrogen-bond donors (Lipinski definition) is 0. The molecule has 12 heteroatoms. The molecule has 0 radical (unpaired) electrons. The van der Waals surface area contributed by atoms with Crippen LogP contribution in [0.1, 0.15) is 122 Å². The number of aliphatic carboxylic acids is 4. The second-order valence-corrected chi connectivity index (χ2v) is 18.4. The van der Waals surface area contributed by atoms with Crippen molar-refractivity contribution < 1.29 is 86.3 Å². The summed E-state index contributed by atoms with van der Waals surface area (Å²) in [4.78, 5) is 39.6. The molecular formula is C48H68Mo2N2O8. The molecule has 0 aliphatic carbocycles. The molecule has 0 saturated heterocycles. The summed E-state index contributed by atoms with van der Waals surface area (Å²) >= 11 is 0. The molecule has 4 aromatic rings. The first-order valence-electron chi connectivity index (χ1n) is 19.1. The van der Waals surface area contributed by atoms with Gasteiger partial charge in [0, 0.05) is 57.9 Å². The van der Waals surface area contributed by atoms with E-state index in [2.05, 4.69) is 113 Å². The van der Waals surface area contributed by atoms with Gasteiger partial charge in [0.05, 0.1) is 11.4 Å². The van der Waals surface area contributed by atoms with E-state index in [0.29, 0.717) is 0 Å². The van der Waals surface area contributed by atoms with Crippen molar-refractivity contribution in [2.45, 2.75) is 132 Å². The monoisotopic (exact) mass is 996 g/mol.